The van der Waals surface area contributed by atoms with E-state index in [9.17, 15) is 14.4 Å². The van der Waals surface area contributed by atoms with Gasteiger partial charge in [-0.3, -0.25) is 19.5 Å². The van der Waals surface area contributed by atoms with Gasteiger partial charge in [-0.25, -0.2) is 9.78 Å². The first-order chi connectivity index (χ1) is 13.3. The molecule has 1 aliphatic rings. The van der Waals surface area contributed by atoms with E-state index < -0.39 is 11.9 Å². The zero-order valence-electron chi connectivity index (χ0n) is 16.6. The van der Waals surface area contributed by atoms with Crippen molar-refractivity contribution in [2.24, 2.45) is 0 Å². The summed E-state index contributed by atoms with van der Waals surface area (Å²) in [5.41, 5.74) is 0.883. The van der Waals surface area contributed by atoms with Gasteiger partial charge in [0.2, 0.25) is 5.91 Å². The van der Waals surface area contributed by atoms with Crippen LogP contribution in [0.3, 0.4) is 0 Å². The number of rotatable bonds is 5. The Hall–Kier alpha value is -1.87. The number of nitrogens with zero attached hydrogens (tertiary/aromatic N) is 2. The average Bonchev–Trinajstić information content (AvgIpc) is 3.21. The normalized spacial score (nSPS) is 14.8. The van der Waals surface area contributed by atoms with Crippen LogP contribution in [0.4, 0.5) is 4.79 Å². The molecule has 9 heteroatoms. The fraction of sp³-hybridized carbons (Fsp3) is 0.579. The second kappa shape index (κ2) is 8.65. The molecule has 2 heterocycles. The van der Waals surface area contributed by atoms with Gasteiger partial charge in [-0.05, 0) is 46.1 Å². The first-order valence-corrected chi connectivity index (χ1v) is 11.3. The van der Waals surface area contributed by atoms with Gasteiger partial charge in [0.05, 0.1) is 11.1 Å². The van der Waals surface area contributed by atoms with Gasteiger partial charge in [0.1, 0.15) is 4.83 Å². The topological polar surface area (TPSA) is 93.1 Å². The molecular weight excluding hydrogens is 396 g/mol. The third-order valence-corrected chi connectivity index (χ3v) is 7.05. The maximum absolute atomic E-state index is 13.0. The van der Waals surface area contributed by atoms with Crippen LogP contribution in [0, 0.1) is 13.8 Å². The minimum absolute atomic E-state index is 0.0199. The highest BCUT2D eigenvalue weighted by Gasteiger charge is 2.21. The fourth-order valence-corrected chi connectivity index (χ4v) is 5.43. The molecule has 0 atom stereocenters. The molecule has 2 aromatic rings. The lowest BCUT2D eigenvalue weighted by Gasteiger charge is -2.15. The Kier molecular flexibility index (Phi) is 6.44. The summed E-state index contributed by atoms with van der Waals surface area (Å²) in [5, 5.41) is 6.35. The second-order valence-corrected chi connectivity index (χ2v) is 9.56. The van der Waals surface area contributed by atoms with Crippen molar-refractivity contribution in [2.45, 2.75) is 70.6 Å². The third kappa shape index (κ3) is 4.41. The van der Waals surface area contributed by atoms with Crippen molar-refractivity contribution in [3.63, 3.8) is 0 Å². The number of aryl methyl sites for hydroxylation is 2. The number of urea groups is 1. The molecule has 3 amide bonds. The molecule has 1 aliphatic carbocycles. The van der Waals surface area contributed by atoms with Gasteiger partial charge >= 0.3 is 6.03 Å². The molecule has 3 rings (SSSR count). The van der Waals surface area contributed by atoms with Crippen molar-refractivity contribution in [2.75, 3.05) is 5.75 Å². The van der Waals surface area contributed by atoms with Crippen molar-refractivity contribution in [3.05, 3.63) is 20.8 Å². The lowest BCUT2D eigenvalue weighted by Crippen LogP contribution is -2.44. The average molecular weight is 423 g/mol. The number of hydrogen-bond donors (Lipinski definition) is 2. The number of fused-ring (bicyclic) bond motifs is 1. The molecule has 2 aromatic heterocycles. The predicted octanol–water partition coefficient (Wildman–Crippen LogP) is 3.52. The molecule has 1 fully saturated rings. The van der Waals surface area contributed by atoms with Crippen LogP contribution in [-0.4, -0.2) is 33.3 Å². The van der Waals surface area contributed by atoms with Crippen molar-refractivity contribution in [3.8, 4) is 0 Å². The van der Waals surface area contributed by atoms with Crippen LogP contribution in [0.1, 0.15) is 56.0 Å². The maximum Gasteiger partial charge on any atom is 0.321 e. The maximum atomic E-state index is 13.0. The Morgan fingerprint density at radius 3 is 2.61 bits per heavy atom. The minimum atomic E-state index is -0.452. The van der Waals surface area contributed by atoms with Gasteiger partial charge in [0, 0.05) is 17.0 Å². The largest absolute Gasteiger partial charge is 0.335 e. The molecule has 7 nitrogen and oxygen atoms in total. The molecule has 0 radical (unpaired) electrons. The molecule has 152 valence electrons. The van der Waals surface area contributed by atoms with E-state index in [0.717, 1.165) is 36.1 Å². The van der Waals surface area contributed by atoms with E-state index in [4.69, 9.17) is 0 Å². The fourth-order valence-electron chi connectivity index (χ4n) is 3.43. The van der Waals surface area contributed by atoms with E-state index in [1.807, 2.05) is 27.7 Å². The van der Waals surface area contributed by atoms with E-state index >= 15 is 0 Å². The van der Waals surface area contributed by atoms with Crippen LogP contribution in [0.2, 0.25) is 0 Å². The van der Waals surface area contributed by atoms with Gasteiger partial charge in [-0.1, -0.05) is 24.6 Å². The van der Waals surface area contributed by atoms with E-state index in [-0.39, 0.29) is 23.4 Å². The molecule has 28 heavy (non-hydrogen) atoms. The van der Waals surface area contributed by atoms with Crippen LogP contribution in [0.5, 0.6) is 0 Å². The van der Waals surface area contributed by atoms with Crippen LogP contribution in [-0.2, 0) is 4.79 Å². The van der Waals surface area contributed by atoms with E-state index in [1.54, 1.807) is 4.57 Å². The highest BCUT2D eigenvalue weighted by atomic mass is 32.2. The second-order valence-electron chi connectivity index (χ2n) is 7.42. The van der Waals surface area contributed by atoms with Gasteiger partial charge in [-0.2, -0.15) is 0 Å². The van der Waals surface area contributed by atoms with Gasteiger partial charge < -0.3 is 5.32 Å². The summed E-state index contributed by atoms with van der Waals surface area (Å²) in [6.07, 6.45) is 4.13. The monoisotopic (exact) mass is 422 g/mol. The number of aromatic nitrogens is 2. The Morgan fingerprint density at radius 1 is 1.29 bits per heavy atom. The number of thiophene rings is 1. The molecule has 0 aromatic carbocycles. The minimum Gasteiger partial charge on any atom is -0.335 e. The molecular formula is C19H26N4O3S2. The smallest absolute Gasteiger partial charge is 0.321 e. The Balaban J connectivity index is 1.72. The summed E-state index contributed by atoms with van der Waals surface area (Å²) in [6.45, 7) is 7.75. The van der Waals surface area contributed by atoms with E-state index in [0.29, 0.717) is 15.4 Å². The summed E-state index contributed by atoms with van der Waals surface area (Å²) in [5.74, 6) is -0.379. The molecule has 0 bridgehead atoms. The standard InChI is InChI=1S/C19H26N4O3S2/c1-10(2)23-17(25)15-11(3)12(4)28-16(15)22-19(23)27-9-14(24)21-18(26)20-13-7-5-6-8-13/h10,13H,5-9H2,1-4H3,(H2,20,21,24,26). The van der Waals surface area contributed by atoms with Gasteiger partial charge in [0.25, 0.3) is 5.56 Å². The SMILES string of the molecule is Cc1sc2nc(SCC(=O)NC(=O)NC3CCCC3)n(C(C)C)c(=O)c2c1C. The summed E-state index contributed by atoms with van der Waals surface area (Å²) in [7, 11) is 0. The Morgan fingerprint density at radius 2 is 1.96 bits per heavy atom. The summed E-state index contributed by atoms with van der Waals surface area (Å²) < 4.78 is 1.62. The molecule has 0 aliphatic heterocycles. The first-order valence-electron chi connectivity index (χ1n) is 9.53. The van der Waals surface area contributed by atoms with Crippen molar-refractivity contribution in [1.82, 2.24) is 20.2 Å². The first kappa shape index (κ1) is 20.9. The molecule has 0 unspecified atom stereocenters. The highest BCUT2D eigenvalue weighted by Crippen LogP contribution is 2.29. The van der Waals surface area contributed by atoms with Crippen LogP contribution >= 0.6 is 23.1 Å². The quantitative estimate of drug-likeness (QED) is 0.568. The lowest BCUT2D eigenvalue weighted by atomic mass is 10.2. The molecule has 1 saturated carbocycles. The Bertz CT molecular complexity index is 958. The zero-order valence-corrected chi connectivity index (χ0v) is 18.3. The number of thioether (sulfide) groups is 1. The predicted molar refractivity (Wildman–Crippen MR) is 113 cm³/mol. The zero-order chi connectivity index (χ0) is 20.4. The lowest BCUT2D eigenvalue weighted by molar-refractivity contribution is -0.117. The summed E-state index contributed by atoms with van der Waals surface area (Å²) in [6, 6.07) is -0.382. The number of carbonyl (C=O) groups excluding carboxylic acids is 2. The van der Waals surface area contributed by atoms with Crippen molar-refractivity contribution >= 4 is 45.3 Å². The van der Waals surface area contributed by atoms with Gasteiger partial charge in [0.15, 0.2) is 5.16 Å². The summed E-state index contributed by atoms with van der Waals surface area (Å²) >= 11 is 2.67. The third-order valence-electron chi connectivity index (χ3n) is 4.99. The molecule has 2 N–H and O–H groups in total. The van der Waals surface area contributed by atoms with E-state index in [1.165, 1.54) is 23.1 Å². The number of amides is 3. The van der Waals surface area contributed by atoms with Crippen LogP contribution in [0.25, 0.3) is 10.2 Å². The number of hydrogen-bond acceptors (Lipinski definition) is 6. The Labute approximate surface area is 172 Å². The molecule has 0 saturated heterocycles. The number of nitrogens with one attached hydrogen (secondary N) is 2. The van der Waals surface area contributed by atoms with Crippen LogP contribution in [0.15, 0.2) is 9.95 Å². The summed E-state index contributed by atoms with van der Waals surface area (Å²) in [4.78, 5) is 43.5. The van der Waals surface area contributed by atoms with Crippen molar-refractivity contribution < 1.29 is 9.59 Å². The van der Waals surface area contributed by atoms with Gasteiger partial charge in [-0.15, -0.1) is 11.3 Å². The molecule has 0 spiro atoms. The van der Waals surface area contributed by atoms with E-state index in [2.05, 4.69) is 15.6 Å². The number of imide groups is 1. The number of carbonyl (C=O) groups is 2. The highest BCUT2D eigenvalue weighted by molar-refractivity contribution is 7.99. The van der Waals surface area contributed by atoms with Crippen molar-refractivity contribution in [1.29, 1.82) is 0 Å². The van der Waals surface area contributed by atoms with Crippen LogP contribution < -0.4 is 16.2 Å².